The molecule has 0 spiro atoms. The lowest BCUT2D eigenvalue weighted by molar-refractivity contribution is -0.156. The molecule has 0 unspecified atom stereocenters. The predicted molar refractivity (Wildman–Crippen MR) is 96.0 cm³/mol. The Morgan fingerprint density at radius 2 is 1.65 bits per heavy atom. The van der Waals surface area contributed by atoms with Crippen molar-refractivity contribution in [1.82, 2.24) is 5.01 Å². The number of benzene rings is 1. The van der Waals surface area contributed by atoms with Crippen LogP contribution in [0, 0.1) is 0 Å². The van der Waals surface area contributed by atoms with E-state index in [0.29, 0.717) is 10.0 Å². The number of nitrogens with zero attached hydrogens (tertiary/aromatic N) is 2. The first kappa shape index (κ1) is 16.9. The highest BCUT2D eigenvalue weighted by atomic mass is 35.5. The van der Waals surface area contributed by atoms with E-state index < -0.39 is 5.54 Å². The number of hydrogen-bond donors (Lipinski definition) is 0. The van der Waals surface area contributed by atoms with E-state index in [0.717, 1.165) is 18.5 Å². The number of hydrazine groups is 1. The molecule has 0 bridgehead atoms. The molecule has 3 rings (SSSR count). The van der Waals surface area contributed by atoms with Crippen LogP contribution in [0.3, 0.4) is 0 Å². The molecule has 2 fully saturated rings. The molecule has 23 heavy (non-hydrogen) atoms. The summed E-state index contributed by atoms with van der Waals surface area (Å²) in [7, 11) is 0. The third-order valence-corrected chi connectivity index (χ3v) is 5.87. The van der Waals surface area contributed by atoms with Crippen molar-refractivity contribution in [3.63, 3.8) is 0 Å². The molecule has 1 aromatic rings. The van der Waals surface area contributed by atoms with Crippen molar-refractivity contribution in [2.24, 2.45) is 0 Å². The Labute approximate surface area is 148 Å². The molecule has 0 radical (unpaired) electrons. The summed E-state index contributed by atoms with van der Waals surface area (Å²) in [5.41, 5.74) is 0.252. The maximum atomic E-state index is 12.8. The summed E-state index contributed by atoms with van der Waals surface area (Å²) in [5.74, 6) is 0.180. The zero-order valence-corrected chi connectivity index (χ0v) is 15.3. The quantitative estimate of drug-likeness (QED) is 0.704. The average molecular weight is 355 g/mol. The Bertz CT molecular complexity index is 595. The van der Waals surface area contributed by atoms with Gasteiger partial charge in [0, 0.05) is 0 Å². The van der Waals surface area contributed by atoms with Gasteiger partial charge in [-0.3, -0.25) is 9.80 Å². The SMILES string of the molecule is CC1(C)C(=O)N(C2CCCCCCC2)N1c1cccc(Cl)c1Cl. The van der Waals surface area contributed by atoms with Crippen LogP contribution >= 0.6 is 23.2 Å². The zero-order valence-electron chi connectivity index (χ0n) is 13.8. The molecule has 3 nitrogen and oxygen atoms in total. The number of amides is 1. The molecule has 0 aromatic heterocycles. The largest absolute Gasteiger partial charge is 0.270 e. The fourth-order valence-electron chi connectivity index (χ4n) is 3.77. The molecule has 126 valence electrons. The van der Waals surface area contributed by atoms with Gasteiger partial charge in [-0.1, -0.05) is 61.4 Å². The highest BCUT2D eigenvalue weighted by Gasteiger charge is 2.55. The van der Waals surface area contributed by atoms with E-state index in [1.807, 2.05) is 31.0 Å². The molecular formula is C18H24Cl2N2O. The number of hydrogen-bond acceptors (Lipinski definition) is 2. The van der Waals surface area contributed by atoms with Gasteiger partial charge >= 0.3 is 0 Å². The summed E-state index contributed by atoms with van der Waals surface area (Å²) in [6.07, 6.45) is 8.35. The third kappa shape index (κ3) is 2.94. The van der Waals surface area contributed by atoms with Crippen molar-refractivity contribution in [3.05, 3.63) is 28.2 Å². The fraction of sp³-hybridized carbons (Fsp3) is 0.611. The fourth-order valence-corrected chi connectivity index (χ4v) is 4.14. The van der Waals surface area contributed by atoms with Crippen LogP contribution < -0.4 is 5.01 Å². The topological polar surface area (TPSA) is 23.6 Å². The van der Waals surface area contributed by atoms with E-state index in [2.05, 4.69) is 5.01 Å². The number of carbonyl (C=O) groups excluding carboxylic acids is 1. The molecule has 1 saturated carbocycles. The lowest BCUT2D eigenvalue weighted by Crippen LogP contribution is -2.77. The van der Waals surface area contributed by atoms with Gasteiger partial charge in [-0.2, -0.15) is 0 Å². The molecule has 1 saturated heterocycles. The normalized spacial score (nSPS) is 22.5. The Balaban J connectivity index is 1.92. The van der Waals surface area contributed by atoms with Gasteiger partial charge in [0.25, 0.3) is 5.91 Å². The van der Waals surface area contributed by atoms with Crippen molar-refractivity contribution in [2.45, 2.75) is 70.4 Å². The monoisotopic (exact) mass is 354 g/mol. The number of carbonyl (C=O) groups is 1. The number of halogens is 2. The summed E-state index contributed by atoms with van der Waals surface area (Å²) in [6, 6.07) is 5.88. The maximum Gasteiger partial charge on any atom is 0.268 e. The van der Waals surface area contributed by atoms with Gasteiger partial charge < -0.3 is 0 Å². The van der Waals surface area contributed by atoms with E-state index >= 15 is 0 Å². The van der Waals surface area contributed by atoms with Crippen LogP contribution in [0.25, 0.3) is 0 Å². The first-order valence-electron chi connectivity index (χ1n) is 8.52. The average Bonchev–Trinajstić information content (AvgIpc) is 2.48. The van der Waals surface area contributed by atoms with Crippen LogP contribution in [0.15, 0.2) is 18.2 Å². The van der Waals surface area contributed by atoms with Crippen LogP contribution in [0.2, 0.25) is 10.0 Å². The third-order valence-electron chi connectivity index (χ3n) is 5.06. The molecule has 1 amide bonds. The number of rotatable bonds is 2. The molecule has 1 aliphatic heterocycles. The Morgan fingerprint density at radius 3 is 2.30 bits per heavy atom. The van der Waals surface area contributed by atoms with E-state index in [4.69, 9.17) is 23.2 Å². The van der Waals surface area contributed by atoms with Gasteiger partial charge in [-0.15, -0.1) is 0 Å². The molecule has 2 aliphatic rings. The summed E-state index contributed by atoms with van der Waals surface area (Å²) in [6.45, 7) is 3.90. The minimum Gasteiger partial charge on any atom is -0.270 e. The summed E-state index contributed by atoms with van der Waals surface area (Å²) in [4.78, 5) is 12.8. The van der Waals surface area contributed by atoms with E-state index in [-0.39, 0.29) is 11.9 Å². The van der Waals surface area contributed by atoms with Gasteiger partial charge in [0.05, 0.1) is 21.8 Å². The highest BCUT2D eigenvalue weighted by molar-refractivity contribution is 6.43. The minimum absolute atomic E-state index is 0.180. The van der Waals surface area contributed by atoms with Crippen molar-refractivity contribution in [3.8, 4) is 0 Å². The first-order valence-corrected chi connectivity index (χ1v) is 9.28. The summed E-state index contributed by atoms with van der Waals surface area (Å²) >= 11 is 12.6. The number of anilines is 1. The molecular weight excluding hydrogens is 331 g/mol. The van der Waals surface area contributed by atoms with E-state index in [9.17, 15) is 4.79 Å². The molecule has 0 N–H and O–H groups in total. The van der Waals surface area contributed by atoms with Crippen molar-refractivity contribution in [2.75, 3.05) is 5.01 Å². The van der Waals surface area contributed by atoms with Crippen LogP contribution in [-0.4, -0.2) is 22.5 Å². The van der Waals surface area contributed by atoms with Gasteiger partial charge in [0.15, 0.2) is 0 Å². The molecule has 0 atom stereocenters. The Hall–Kier alpha value is -0.930. The van der Waals surface area contributed by atoms with Crippen LogP contribution in [-0.2, 0) is 4.79 Å². The first-order chi connectivity index (χ1) is 10.9. The van der Waals surface area contributed by atoms with Gasteiger partial charge in [-0.25, -0.2) is 5.01 Å². The predicted octanol–water partition coefficient (Wildman–Crippen LogP) is 5.45. The Morgan fingerprint density at radius 1 is 1.04 bits per heavy atom. The van der Waals surface area contributed by atoms with E-state index in [1.165, 1.54) is 32.1 Å². The van der Waals surface area contributed by atoms with E-state index in [1.54, 1.807) is 6.07 Å². The van der Waals surface area contributed by atoms with Gasteiger partial charge in [0.1, 0.15) is 5.54 Å². The second-order valence-corrected chi connectivity index (χ2v) is 7.88. The van der Waals surface area contributed by atoms with Crippen molar-refractivity contribution in [1.29, 1.82) is 0 Å². The lowest BCUT2D eigenvalue weighted by Gasteiger charge is -2.59. The Kier molecular flexibility index (Phi) is 4.80. The summed E-state index contributed by atoms with van der Waals surface area (Å²) in [5, 5.41) is 5.03. The van der Waals surface area contributed by atoms with Crippen LogP contribution in [0.5, 0.6) is 0 Å². The summed E-state index contributed by atoms with van der Waals surface area (Å²) < 4.78 is 0. The van der Waals surface area contributed by atoms with Gasteiger partial charge in [-0.05, 0) is 38.8 Å². The smallest absolute Gasteiger partial charge is 0.268 e. The molecule has 1 heterocycles. The molecule has 5 heteroatoms. The lowest BCUT2D eigenvalue weighted by atomic mass is 9.90. The highest BCUT2D eigenvalue weighted by Crippen LogP contribution is 2.44. The second kappa shape index (κ2) is 6.52. The minimum atomic E-state index is -0.573. The maximum absolute atomic E-state index is 12.8. The molecule has 1 aliphatic carbocycles. The standard InChI is InChI=1S/C18H24Cl2N2O/c1-18(2)17(23)21(13-9-6-4-3-5-7-10-13)22(18)15-12-8-11-14(19)16(15)20/h8,11-13H,3-7,9-10H2,1-2H3. The van der Waals surface area contributed by atoms with Crippen LogP contribution in [0.1, 0.15) is 58.8 Å². The second-order valence-electron chi connectivity index (χ2n) is 7.09. The van der Waals surface area contributed by atoms with Crippen LogP contribution in [0.4, 0.5) is 5.69 Å². The zero-order chi connectivity index (χ0) is 16.6. The van der Waals surface area contributed by atoms with Gasteiger partial charge in [0.2, 0.25) is 0 Å². The van der Waals surface area contributed by atoms with Crippen molar-refractivity contribution >= 4 is 34.8 Å². The van der Waals surface area contributed by atoms with Crippen molar-refractivity contribution < 1.29 is 4.79 Å². The molecule has 1 aromatic carbocycles.